The van der Waals surface area contributed by atoms with Crippen LogP contribution in [0, 0.1) is 5.82 Å². The van der Waals surface area contributed by atoms with Crippen LogP contribution in [0.2, 0.25) is 0 Å². The van der Waals surface area contributed by atoms with E-state index in [9.17, 15) is 17.6 Å². The van der Waals surface area contributed by atoms with Crippen LogP contribution in [0.4, 0.5) is 4.39 Å². The largest absolute Gasteiger partial charge is 0.494 e. The fourth-order valence-corrected chi connectivity index (χ4v) is 4.91. The Morgan fingerprint density at radius 3 is 2.71 bits per heavy atom. The summed E-state index contributed by atoms with van der Waals surface area (Å²) in [6, 6.07) is 11.2. The van der Waals surface area contributed by atoms with E-state index in [1.807, 2.05) is 31.2 Å². The number of nitrogens with one attached hydrogen (secondary N) is 1. The van der Waals surface area contributed by atoms with E-state index < -0.39 is 21.9 Å². The monoisotopic (exact) mass is 406 g/mol. The number of hydrogen-bond donors (Lipinski definition) is 1. The van der Waals surface area contributed by atoms with Crippen LogP contribution in [0.1, 0.15) is 25.3 Å². The fraction of sp³-hybridized carbons (Fsp3) is 0.350. The molecule has 2 aromatic carbocycles. The van der Waals surface area contributed by atoms with E-state index in [0.717, 1.165) is 23.4 Å². The Morgan fingerprint density at radius 2 is 2.00 bits per heavy atom. The number of carbonyl (C=O) groups excluding carboxylic acids is 1. The van der Waals surface area contributed by atoms with Crippen molar-refractivity contribution in [3.8, 4) is 5.75 Å². The summed E-state index contributed by atoms with van der Waals surface area (Å²) < 4.78 is 45.5. The minimum Gasteiger partial charge on any atom is -0.494 e. The summed E-state index contributed by atoms with van der Waals surface area (Å²) >= 11 is 0. The molecule has 1 aliphatic heterocycles. The van der Waals surface area contributed by atoms with Gasteiger partial charge in [-0.3, -0.25) is 4.79 Å². The van der Waals surface area contributed by atoms with Gasteiger partial charge in [-0.25, -0.2) is 12.8 Å². The number of hydrogen-bond acceptors (Lipinski definition) is 4. The summed E-state index contributed by atoms with van der Waals surface area (Å²) in [5.41, 5.74) is 0.866. The molecule has 0 bridgehead atoms. The minimum absolute atomic E-state index is 0.0157. The van der Waals surface area contributed by atoms with Gasteiger partial charge >= 0.3 is 0 Å². The van der Waals surface area contributed by atoms with E-state index in [1.165, 1.54) is 16.4 Å². The van der Waals surface area contributed by atoms with Crippen LogP contribution in [-0.4, -0.2) is 37.8 Å². The maximum Gasteiger partial charge on any atom is 0.243 e. The number of carbonyl (C=O) groups is 1. The van der Waals surface area contributed by atoms with Crippen molar-refractivity contribution in [3.63, 3.8) is 0 Å². The molecule has 1 aliphatic rings. The first kappa shape index (κ1) is 20.3. The fourth-order valence-electron chi connectivity index (χ4n) is 3.25. The quantitative estimate of drug-likeness (QED) is 0.767. The molecule has 6 nitrogen and oxygen atoms in total. The predicted molar refractivity (Wildman–Crippen MR) is 103 cm³/mol. The second-order valence-corrected chi connectivity index (χ2v) is 8.42. The molecule has 150 valence electrons. The molecule has 2 aromatic rings. The van der Waals surface area contributed by atoms with Crippen molar-refractivity contribution in [2.75, 3.05) is 13.2 Å². The van der Waals surface area contributed by atoms with Crippen molar-refractivity contribution in [2.45, 2.75) is 37.2 Å². The number of ether oxygens (including phenoxy) is 1. The molecule has 1 saturated heterocycles. The molecule has 1 unspecified atom stereocenters. The molecular formula is C20H23FN2O4S. The molecule has 1 amide bonds. The Bertz CT molecular complexity index is 931. The van der Waals surface area contributed by atoms with Crippen LogP contribution in [0.3, 0.4) is 0 Å². The van der Waals surface area contributed by atoms with Gasteiger partial charge in [0.1, 0.15) is 17.6 Å². The lowest BCUT2D eigenvalue weighted by Crippen LogP contribution is -2.45. The Balaban J connectivity index is 1.69. The van der Waals surface area contributed by atoms with Crippen LogP contribution in [-0.2, 0) is 21.4 Å². The van der Waals surface area contributed by atoms with Gasteiger partial charge in [-0.2, -0.15) is 4.31 Å². The maximum absolute atomic E-state index is 13.1. The zero-order chi connectivity index (χ0) is 20.1. The molecule has 1 N–H and O–H groups in total. The molecule has 0 radical (unpaired) electrons. The first-order valence-electron chi connectivity index (χ1n) is 9.18. The first-order valence-corrected chi connectivity index (χ1v) is 10.6. The lowest BCUT2D eigenvalue weighted by molar-refractivity contribution is -0.124. The van der Waals surface area contributed by atoms with Gasteiger partial charge in [0.2, 0.25) is 15.9 Å². The van der Waals surface area contributed by atoms with Gasteiger partial charge < -0.3 is 10.1 Å². The number of benzene rings is 2. The topological polar surface area (TPSA) is 75.7 Å². The highest BCUT2D eigenvalue weighted by Crippen LogP contribution is 2.26. The third-order valence-electron chi connectivity index (χ3n) is 4.60. The molecule has 0 spiro atoms. The SMILES string of the molecule is CCOc1cccc(CNC(=O)C2CCCN2S(=O)(=O)c2ccc(F)cc2)c1. The van der Waals surface area contributed by atoms with Crippen molar-refractivity contribution in [2.24, 2.45) is 0 Å². The molecular weight excluding hydrogens is 383 g/mol. The van der Waals surface area contributed by atoms with Crippen LogP contribution < -0.4 is 10.1 Å². The highest BCUT2D eigenvalue weighted by molar-refractivity contribution is 7.89. The van der Waals surface area contributed by atoms with Gasteiger partial charge in [0.25, 0.3) is 0 Å². The summed E-state index contributed by atoms with van der Waals surface area (Å²) in [6.07, 6.45) is 1.05. The second kappa shape index (κ2) is 8.70. The van der Waals surface area contributed by atoms with Crippen molar-refractivity contribution >= 4 is 15.9 Å². The van der Waals surface area contributed by atoms with E-state index >= 15 is 0 Å². The average molecular weight is 406 g/mol. The van der Waals surface area contributed by atoms with Crippen molar-refractivity contribution < 1.29 is 22.3 Å². The third kappa shape index (κ3) is 4.51. The predicted octanol–water partition coefficient (Wildman–Crippen LogP) is 2.69. The van der Waals surface area contributed by atoms with Gasteiger partial charge in [-0.05, 0) is 61.7 Å². The molecule has 1 fully saturated rings. The first-order chi connectivity index (χ1) is 13.4. The standard InChI is InChI=1S/C20H23FN2O4S/c1-2-27-17-6-3-5-15(13-17)14-22-20(24)19-7-4-12-23(19)28(25,26)18-10-8-16(21)9-11-18/h3,5-6,8-11,13,19H,2,4,7,12,14H2,1H3,(H,22,24). The zero-order valence-electron chi connectivity index (χ0n) is 15.6. The van der Waals surface area contributed by atoms with Gasteiger partial charge in [-0.15, -0.1) is 0 Å². The summed E-state index contributed by atoms with van der Waals surface area (Å²) in [6.45, 7) is 2.98. The van der Waals surface area contributed by atoms with Crippen LogP contribution in [0.5, 0.6) is 5.75 Å². The Kier molecular flexibility index (Phi) is 6.31. The highest BCUT2D eigenvalue weighted by atomic mass is 32.2. The summed E-state index contributed by atoms with van der Waals surface area (Å²) in [7, 11) is -3.86. The van der Waals surface area contributed by atoms with Crippen molar-refractivity contribution in [1.82, 2.24) is 9.62 Å². The number of sulfonamides is 1. The Hall–Kier alpha value is -2.45. The van der Waals surface area contributed by atoms with E-state index in [2.05, 4.69) is 5.32 Å². The summed E-state index contributed by atoms with van der Waals surface area (Å²) in [5.74, 6) is -0.135. The molecule has 8 heteroatoms. The highest BCUT2D eigenvalue weighted by Gasteiger charge is 2.39. The van der Waals surface area contributed by atoms with Crippen molar-refractivity contribution in [3.05, 3.63) is 59.9 Å². The molecule has 1 heterocycles. The summed E-state index contributed by atoms with van der Waals surface area (Å²) in [4.78, 5) is 12.6. The molecule has 0 saturated carbocycles. The second-order valence-electron chi connectivity index (χ2n) is 6.53. The van der Waals surface area contributed by atoms with Crippen LogP contribution in [0.15, 0.2) is 53.4 Å². The van der Waals surface area contributed by atoms with E-state index in [0.29, 0.717) is 19.4 Å². The Labute approximate surface area is 164 Å². The number of halogens is 1. The molecule has 28 heavy (non-hydrogen) atoms. The summed E-state index contributed by atoms with van der Waals surface area (Å²) in [5, 5.41) is 2.81. The van der Waals surface area contributed by atoms with Crippen LogP contribution in [0.25, 0.3) is 0 Å². The number of nitrogens with zero attached hydrogens (tertiary/aromatic N) is 1. The van der Waals surface area contributed by atoms with Gasteiger partial charge in [0.15, 0.2) is 0 Å². The van der Waals surface area contributed by atoms with Gasteiger partial charge in [0, 0.05) is 13.1 Å². The van der Waals surface area contributed by atoms with Crippen LogP contribution >= 0.6 is 0 Å². The van der Waals surface area contributed by atoms with E-state index in [4.69, 9.17) is 4.74 Å². The number of amides is 1. The lowest BCUT2D eigenvalue weighted by Gasteiger charge is -2.23. The van der Waals surface area contributed by atoms with E-state index in [1.54, 1.807) is 0 Å². The molecule has 0 aliphatic carbocycles. The van der Waals surface area contributed by atoms with Crippen molar-refractivity contribution in [1.29, 1.82) is 0 Å². The average Bonchev–Trinajstić information content (AvgIpc) is 3.18. The smallest absolute Gasteiger partial charge is 0.243 e. The van der Waals surface area contributed by atoms with E-state index in [-0.39, 0.29) is 23.9 Å². The maximum atomic E-state index is 13.1. The Morgan fingerprint density at radius 1 is 1.25 bits per heavy atom. The van der Waals surface area contributed by atoms with Gasteiger partial charge in [-0.1, -0.05) is 12.1 Å². The van der Waals surface area contributed by atoms with Gasteiger partial charge in [0.05, 0.1) is 11.5 Å². The lowest BCUT2D eigenvalue weighted by atomic mass is 10.2. The zero-order valence-corrected chi connectivity index (χ0v) is 16.4. The minimum atomic E-state index is -3.86. The number of rotatable bonds is 7. The molecule has 0 aromatic heterocycles. The molecule has 3 rings (SSSR count). The third-order valence-corrected chi connectivity index (χ3v) is 6.53. The normalized spacial score (nSPS) is 17.4. The molecule has 1 atom stereocenters.